The average Bonchev–Trinajstić information content (AvgIpc) is 3.96. The fraction of sp³-hybridized carbons (Fsp3) is 0.395. The highest BCUT2D eigenvalue weighted by molar-refractivity contribution is 6.32. The molecule has 0 radical (unpaired) electrons. The van der Waals surface area contributed by atoms with Gasteiger partial charge in [0.1, 0.15) is 42.3 Å². The second-order valence-electron chi connectivity index (χ2n) is 14.8. The molecule has 1 saturated carbocycles. The fourth-order valence-electron chi connectivity index (χ4n) is 7.96. The average molecular weight is 746 g/mol. The van der Waals surface area contributed by atoms with Crippen LogP contribution in [0.2, 0.25) is 5.02 Å². The molecule has 3 fully saturated rings. The molecule has 2 aromatic heterocycles. The number of hydrogen-bond acceptors (Lipinski definition) is 9. The second kappa shape index (κ2) is 15.8. The van der Waals surface area contributed by atoms with Crippen molar-refractivity contribution in [1.29, 1.82) is 5.26 Å². The zero-order chi connectivity index (χ0) is 37.2. The van der Waals surface area contributed by atoms with E-state index in [-0.39, 0.29) is 13.2 Å². The summed E-state index contributed by atoms with van der Waals surface area (Å²) in [5, 5.41) is 19.7. The number of benzene rings is 3. The summed E-state index contributed by atoms with van der Waals surface area (Å²) in [6, 6.07) is 20.1. The molecule has 10 nitrogen and oxygen atoms in total. The normalized spacial score (nSPS) is 18.4. The fourth-order valence-corrected chi connectivity index (χ4v) is 8.20. The number of nitrogens with zero attached hydrogens (tertiary/aromatic N) is 5. The lowest BCUT2D eigenvalue weighted by atomic mass is 9.96. The number of halogens is 1. The van der Waals surface area contributed by atoms with Gasteiger partial charge in [-0.1, -0.05) is 42.3 Å². The van der Waals surface area contributed by atoms with Gasteiger partial charge < -0.3 is 23.9 Å². The summed E-state index contributed by atoms with van der Waals surface area (Å²) < 4.78 is 19.0. The van der Waals surface area contributed by atoms with Crippen molar-refractivity contribution < 1.29 is 23.8 Å². The lowest BCUT2D eigenvalue weighted by molar-refractivity contribution is -0.144. The molecule has 2 saturated heterocycles. The number of hydrogen-bond donors (Lipinski definition) is 1. The van der Waals surface area contributed by atoms with E-state index in [1.165, 1.54) is 19.0 Å². The van der Waals surface area contributed by atoms with Crippen LogP contribution in [0.4, 0.5) is 0 Å². The summed E-state index contributed by atoms with van der Waals surface area (Å²) in [6.45, 7) is 5.81. The SMILES string of the molecule is Cc1c(COc2cc(OCc3cncc(C#N)c3)c(CN3CCCC[C@H]3C(=O)O)cc2Cl)cccc1-c1ccc2oc(C3CCN(C4CC4)CC3)nc2c1. The number of nitriles is 1. The highest BCUT2D eigenvalue weighted by atomic mass is 35.5. The minimum absolute atomic E-state index is 0.164. The number of pyridine rings is 1. The molecule has 0 unspecified atom stereocenters. The summed E-state index contributed by atoms with van der Waals surface area (Å²) in [4.78, 5) is 25.8. The molecule has 278 valence electrons. The van der Waals surface area contributed by atoms with Gasteiger partial charge in [0.2, 0.25) is 0 Å². The van der Waals surface area contributed by atoms with Crippen molar-refractivity contribution in [3.63, 3.8) is 0 Å². The lowest BCUT2D eigenvalue weighted by Gasteiger charge is -2.33. The molecule has 4 heterocycles. The Morgan fingerprint density at radius 1 is 0.963 bits per heavy atom. The Hall–Kier alpha value is -4.95. The Bertz CT molecular complexity index is 2200. The summed E-state index contributed by atoms with van der Waals surface area (Å²) >= 11 is 6.87. The van der Waals surface area contributed by atoms with E-state index in [9.17, 15) is 15.2 Å². The second-order valence-corrected chi connectivity index (χ2v) is 15.3. The highest BCUT2D eigenvalue weighted by Gasteiger charge is 2.34. The van der Waals surface area contributed by atoms with Gasteiger partial charge in [0, 0.05) is 48.1 Å². The number of ether oxygens (including phenoxy) is 2. The standard InChI is InChI=1S/C43H44ClN5O5/c1-27-32(5-4-6-35(27)31-8-11-39-37(19-31)47-42(54-39)30-12-15-48(16-13-30)34-9-10-34)26-53-41-20-40(52-25-29-17-28(21-45)22-46-23-29)33(18-36(41)44)24-49-14-3-2-7-38(49)43(50)51/h4-6,8,11,17-20,22-23,30,34,38H,2-3,7,9-10,12-16,24-26H2,1H3,(H,50,51)/t38-/m0/s1. The van der Waals surface area contributed by atoms with Crippen molar-refractivity contribution >= 4 is 28.7 Å². The van der Waals surface area contributed by atoms with E-state index in [1.54, 1.807) is 18.3 Å². The molecule has 0 spiro atoms. The number of aromatic nitrogens is 2. The van der Waals surface area contributed by atoms with Crippen LogP contribution in [0.5, 0.6) is 11.5 Å². The smallest absolute Gasteiger partial charge is 0.320 e. The number of carboxylic acid groups (broad SMARTS) is 1. The van der Waals surface area contributed by atoms with Gasteiger partial charge in [0.15, 0.2) is 11.5 Å². The van der Waals surface area contributed by atoms with Crippen molar-refractivity contribution in [3.05, 3.63) is 106 Å². The number of oxazole rings is 1. The van der Waals surface area contributed by atoms with Gasteiger partial charge in [0.25, 0.3) is 0 Å². The first kappa shape index (κ1) is 36.0. The molecule has 1 N–H and O–H groups in total. The van der Waals surface area contributed by atoms with E-state index < -0.39 is 12.0 Å². The predicted molar refractivity (Wildman–Crippen MR) is 206 cm³/mol. The van der Waals surface area contributed by atoms with Gasteiger partial charge in [-0.15, -0.1) is 0 Å². The molecule has 2 aliphatic heterocycles. The lowest BCUT2D eigenvalue weighted by Crippen LogP contribution is -2.44. The van der Waals surface area contributed by atoms with Crippen LogP contribution in [0.1, 0.15) is 84.6 Å². The first-order valence-electron chi connectivity index (χ1n) is 18.9. The summed E-state index contributed by atoms with van der Waals surface area (Å²) in [5.74, 6) is 1.38. The number of rotatable bonds is 12. The number of carboxylic acids is 1. The number of carbonyl (C=O) groups is 1. The van der Waals surface area contributed by atoms with Crippen LogP contribution in [0.15, 0.2) is 71.4 Å². The molecule has 5 aromatic rings. The summed E-state index contributed by atoms with van der Waals surface area (Å²) in [6.07, 6.45) is 10.4. The summed E-state index contributed by atoms with van der Waals surface area (Å²) in [5.41, 5.74) is 7.89. The van der Waals surface area contributed by atoms with Crippen LogP contribution >= 0.6 is 11.6 Å². The molecule has 0 amide bonds. The first-order chi connectivity index (χ1) is 26.3. The van der Waals surface area contributed by atoms with E-state index in [1.807, 2.05) is 23.1 Å². The van der Waals surface area contributed by atoms with Crippen molar-refractivity contribution in [2.75, 3.05) is 19.6 Å². The topological polar surface area (TPSA) is 125 Å². The molecule has 54 heavy (non-hydrogen) atoms. The quantitative estimate of drug-likeness (QED) is 0.133. The minimum atomic E-state index is -0.828. The van der Waals surface area contributed by atoms with E-state index >= 15 is 0 Å². The number of piperidine rings is 2. The first-order valence-corrected chi connectivity index (χ1v) is 19.3. The molecular formula is C43H44ClN5O5. The molecule has 0 bridgehead atoms. The Labute approximate surface area is 320 Å². The maximum atomic E-state index is 12.1. The molecule has 3 aliphatic rings. The van der Waals surface area contributed by atoms with Gasteiger partial charge in [-0.2, -0.15) is 5.26 Å². The highest BCUT2D eigenvalue weighted by Crippen LogP contribution is 2.38. The third-order valence-electron chi connectivity index (χ3n) is 11.2. The van der Waals surface area contributed by atoms with Gasteiger partial charge in [-0.3, -0.25) is 14.7 Å². The summed E-state index contributed by atoms with van der Waals surface area (Å²) in [7, 11) is 0. The predicted octanol–water partition coefficient (Wildman–Crippen LogP) is 8.66. The third-order valence-corrected chi connectivity index (χ3v) is 11.5. The maximum absolute atomic E-state index is 12.1. The maximum Gasteiger partial charge on any atom is 0.320 e. The molecular weight excluding hydrogens is 702 g/mol. The van der Waals surface area contributed by atoms with Crippen LogP contribution in [0.25, 0.3) is 22.2 Å². The van der Waals surface area contributed by atoms with Crippen LogP contribution in [-0.2, 0) is 24.6 Å². The zero-order valence-electron chi connectivity index (χ0n) is 30.5. The zero-order valence-corrected chi connectivity index (χ0v) is 31.2. The number of likely N-dealkylation sites (tertiary alicyclic amines) is 2. The van der Waals surface area contributed by atoms with Crippen LogP contribution in [0.3, 0.4) is 0 Å². The van der Waals surface area contributed by atoms with Gasteiger partial charge in [-0.25, -0.2) is 4.98 Å². The van der Waals surface area contributed by atoms with Gasteiger partial charge in [-0.05, 0) is 112 Å². The Balaban J connectivity index is 1.01. The van der Waals surface area contributed by atoms with Crippen LogP contribution in [0, 0.1) is 18.3 Å². The molecule has 8 rings (SSSR count). The number of aliphatic carboxylic acids is 1. The third kappa shape index (κ3) is 7.95. The van der Waals surface area contributed by atoms with Gasteiger partial charge >= 0.3 is 5.97 Å². The van der Waals surface area contributed by atoms with Crippen molar-refractivity contribution in [1.82, 2.24) is 19.8 Å². The van der Waals surface area contributed by atoms with Crippen molar-refractivity contribution in [2.45, 2.75) is 89.6 Å². The Morgan fingerprint density at radius 3 is 2.59 bits per heavy atom. The van der Waals surface area contributed by atoms with E-state index in [2.05, 4.69) is 47.1 Å². The molecule has 1 aliphatic carbocycles. The van der Waals surface area contributed by atoms with E-state index in [0.29, 0.717) is 47.5 Å². The van der Waals surface area contributed by atoms with Crippen LogP contribution < -0.4 is 9.47 Å². The Kier molecular flexibility index (Phi) is 10.5. The molecule has 1 atom stereocenters. The van der Waals surface area contributed by atoms with Crippen molar-refractivity contribution in [2.24, 2.45) is 0 Å². The van der Waals surface area contributed by atoms with E-state index in [0.717, 1.165) is 95.2 Å². The molecule has 11 heteroatoms. The monoisotopic (exact) mass is 745 g/mol. The minimum Gasteiger partial charge on any atom is -0.488 e. The number of fused-ring (bicyclic) bond motifs is 1. The molecule has 3 aromatic carbocycles. The van der Waals surface area contributed by atoms with Crippen LogP contribution in [-0.4, -0.2) is 62.6 Å². The van der Waals surface area contributed by atoms with E-state index in [4.69, 9.17) is 30.5 Å². The van der Waals surface area contributed by atoms with Crippen molar-refractivity contribution in [3.8, 4) is 28.7 Å². The van der Waals surface area contributed by atoms with Gasteiger partial charge in [0.05, 0.1) is 10.6 Å². The Morgan fingerprint density at radius 2 is 1.80 bits per heavy atom. The largest absolute Gasteiger partial charge is 0.488 e.